The highest BCUT2D eigenvalue weighted by Crippen LogP contribution is 2.19. The molecule has 2 heterocycles. The second-order valence-corrected chi connectivity index (χ2v) is 7.34. The van der Waals surface area contributed by atoms with Crippen LogP contribution in [0.15, 0.2) is 66.7 Å². The molecule has 32 heavy (non-hydrogen) atoms. The van der Waals surface area contributed by atoms with Gasteiger partial charge in [0.2, 0.25) is 0 Å². The molecule has 0 aliphatic rings. The van der Waals surface area contributed by atoms with Crippen LogP contribution in [0.25, 0.3) is 5.82 Å². The molecule has 8 nitrogen and oxygen atoms in total. The summed E-state index contributed by atoms with van der Waals surface area (Å²) in [4.78, 5) is 12.1. The van der Waals surface area contributed by atoms with Crippen LogP contribution < -0.4 is 15.4 Å². The number of amides is 1. The molecule has 162 valence electrons. The lowest BCUT2D eigenvalue weighted by Crippen LogP contribution is -2.20. The third-order valence-electron chi connectivity index (χ3n) is 5.07. The van der Waals surface area contributed by atoms with Crippen molar-refractivity contribution in [3.8, 4) is 11.6 Å². The van der Waals surface area contributed by atoms with Crippen molar-refractivity contribution in [2.45, 2.75) is 20.8 Å². The average molecular weight is 428 g/mol. The van der Waals surface area contributed by atoms with E-state index in [0.29, 0.717) is 23.1 Å². The molecule has 0 saturated carbocycles. The van der Waals surface area contributed by atoms with Crippen molar-refractivity contribution in [3.63, 3.8) is 0 Å². The Morgan fingerprint density at radius 1 is 0.906 bits per heavy atom. The van der Waals surface area contributed by atoms with Crippen LogP contribution in [-0.2, 0) is 4.79 Å². The molecule has 0 aliphatic heterocycles. The van der Waals surface area contributed by atoms with Gasteiger partial charge in [0, 0.05) is 17.1 Å². The first-order valence-corrected chi connectivity index (χ1v) is 10.2. The topological polar surface area (TPSA) is 94.0 Å². The van der Waals surface area contributed by atoms with E-state index in [1.54, 1.807) is 4.68 Å². The molecule has 4 aromatic rings. The highest BCUT2D eigenvalue weighted by Gasteiger charge is 2.10. The fourth-order valence-electron chi connectivity index (χ4n) is 3.10. The van der Waals surface area contributed by atoms with E-state index in [1.807, 2.05) is 87.5 Å². The second kappa shape index (κ2) is 9.30. The van der Waals surface area contributed by atoms with E-state index in [2.05, 4.69) is 25.9 Å². The first kappa shape index (κ1) is 21.0. The summed E-state index contributed by atoms with van der Waals surface area (Å²) in [7, 11) is 0. The number of nitrogens with zero attached hydrogens (tertiary/aromatic N) is 4. The SMILES string of the molecule is Cc1nn(-c2ccc(Nc3ccc(NC(=O)COc4ccccc4)cc3)nn2)c(C)c1C. The lowest BCUT2D eigenvalue weighted by molar-refractivity contribution is -0.118. The van der Waals surface area contributed by atoms with Crippen LogP contribution >= 0.6 is 0 Å². The predicted molar refractivity (Wildman–Crippen MR) is 124 cm³/mol. The van der Waals surface area contributed by atoms with E-state index in [4.69, 9.17) is 4.74 Å². The molecule has 4 rings (SSSR count). The quantitative estimate of drug-likeness (QED) is 0.455. The smallest absolute Gasteiger partial charge is 0.262 e. The number of rotatable bonds is 7. The summed E-state index contributed by atoms with van der Waals surface area (Å²) in [5, 5.41) is 19.0. The number of para-hydroxylation sites is 1. The lowest BCUT2D eigenvalue weighted by atomic mass is 10.2. The van der Waals surface area contributed by atoms with Crippen LogP contribution in [-0.4, -0.2) is 32.5 Å². The van der Waals surface area contributed by atoms with Crippen molar-refractivity contribution >= 4 is 23.1 Å². The average Bonchev–Trinajstić information content (AvgIpc) is 3.07. The summed E-state index contributed by atoms with van der Waals surface area (Å²) in [6, 6.07) is 20.3. The van der Waals surface area contributed by atoms with Crippen molar-refractivity contribution in [1.29, 1.82) is 0 Å². The van der Waals surface area contributed by atoms with Crippen LogP contribution in [0.3, 0.4) is 0 Å². The van der Waals surface area contributed by atoms with E-state index >= 15 is 0 Å². The molecule has 1 amide bonds. The summed E-state index contributed by atoms with van der Waals surface area (Å²) in [5.41, 5.74) is 4.67. The summed E-state index contributed by atoms with van der Waals surface area (Å²) in [5.74, 6) is 1.71. The van der Waals surface area contributed by atoms with Gasteiger partial charge in [-0.1, -0.05) is 18.2 Å². The van der Waals surface area contributed by atoms with Crippen LogP contribution in [0.5, 0.6) is 5.75 Å². The molecule has 2 N–H and O–H groups in total. The van der Waals surface area contributed by atoms with Gasteiger partial charge in [0.05, 0.1) is 5.69 Å². The van der Waals surface area contributed by atoms with Gasteiger partial charge in [-0.2, -0.15) is 5.10 Å². The van der Waals surface area contributed by atoms with E-state index in [0.717, 1.165) is 22.6 Å². The summed E-state index contributed by atoms with van der Waals surface area (Å²) >= 11 is 0. The number of carbonyl (C=O) groups is 1. The highest BCUT2D eigenvalue weighted by molar-refractivity contribution is 5.92. The van der Waals surface area contributed by atoms with Crippen molar-refractivity contribution in [3.05, 3.63) is 83.7 Å². The molecule has 0 spiro atoms. The minimum Gasteiger partial charge on any atom is -0.484 e. The van der Waals surface area contributed by atoms with Gasteiger partial charge in [-0.3, -0.25) is 4.79 Å². The van der Waals surface area contributed by atoms with E-state index in [9.17, 15) is 4.79 Å². The Hall–Kier alpha value is -4.20. The minimum absolute atomic E-state index is 0.0548. The minimum atomic E-state index is -0.226. The molecule has 0 unspecified atom stereocenters. The molecule has 0 aliphatic carbocycles. The van der Waals surface area contributed by atoms with Crippen LogP contribution in [0.2, 0.25) is 0 Å². The number of aromatic nitrogens is 4. The summed E-state index contributed by atoms with van der Waals surface area (Å²) in [6.07, 6.45) is 0. The zero-order valence-corrected chi connectivity index (χ0v) is 18.2. The maximum atomic E-state index is 12.1. The second-order valence-electron chi connectivity index (χ2n) is 7.34. The molecule has 0 atom stereocenters. The number of hydrogen-bond acceptors (Lipinski definition) is 6. The Morgan fingerprint density at radius 2 is 1.62 bits per heavy atom. The monoisotopic (exact) mass is 428 g/mol. The van der Waals surface area contributed by atoms with Crippen molar-refractivity contribution in [2.75, 3.05) is 17.2 Å². The predicted octanol–water partition coefficient (Wildman–Crippen LogP) is 4.35. The van der Waals surface area contributed by atoms with Crippen molar-refractivity contribution in [2.24, 2.45) is 0 Å². The normalized spacial score (nSPS) is 10.6. The van der Waals surface area contributed by atoms with Crippen LogP contribution in [0.1, 0.15) is 17.0 Å². The fourth-order valence-corrected chi connectivity index (χ4v) is 3.10. The summed E-state index contributed by atoms with van der Waals surface area (Å²) < 4.78 is 7.25. The van der Waals surface area contributed by atoms with Crippen molar-refractivity contribution < 1.29 is 9.53 Å². The van der Waals surface area contributed by atoms with E-state index in [-0.39, 0.29) is 12.5 Å². The van der Waals surface area contributed by atoms with Gasteiger partial charge in [0.25, 0.3) is 5.91 Å². The lowest BCUT2D eigenvalue weighted by Gasteiger charge is -2.09. The van der Waals surface area contributed by atoms with E-state index in [1.165, 1.54) is 0 Å². The van der Waals surface area contributed by atoms with E-state index < -0.39 is 0 Å². The molecular formula is C24H24N6O2. The zero-order chi connectivity index (χ0) is 22.5. The Balaban J connectivity index is 1.33. The number of carbonyl (C=O) groups excluding carboxylic acids is 1. The molecule has 0 fully saturated rings. The maximum Gasteiger partial charge on any atom is 0.262 e. The Kier molecular flexibility index (Phi) is 6.12. The van der Waals surface area contributed by atoms with Gasteiger partial charge in [0.15, 0.2) is 18.2 Å². The zero-order valence-electron chi connectivity index (χ0n) is 18.2. The number of anilines is 3. The number of hydrogen-bond donors (Lipinski definition) is 2. The fraction of sp³-hybridized carbons (Fsp3) is 0.167. The van der Waals surface area contributed by atoms with Crippen LogP contribution in [0, 0.1) is 20.8 Å². The van der Waals surface area contributed by atoms with Gasteiger partial charge in [-0.05, 0) is 74.9 Å². The van der Waals surface area contributed by atoms with Gasteiger partial charge < -0.3 is 15.4 Å². The molecule has 2 aromatic heterocycles. The van der Waals surface area contributed by atoms with Gasteiger partial charge >= 0.3 is 0 Å². The molecule has 8 heteroatoms. The first-order valence-electron chi connectivity index (χ1n) is 10.2. The Morgan fingerprint density at radius 3 is 2.25 bits per heavy atom. The number of aryl methyl sites for hydroxylation is 1. The number of benzene rings is 2. The molecule has 2 aromatic carbocycles. The summed E-state index contributed by atoms with van der Waals surface area (Å²) in [6.45, 7) is 5.97. The third-order valence-corrected chi connectivity index (χ3v) is 5.07. The largest absolute Gasteiger partial charge is 0.484 e. The molecular weight excluding hydrogens is 404 g/mol. The maximum absolute atomic E-state index is 12.1. The van der Waals surface area contributed by atoms with Gasteiger partial charge in [0.1, 0.15) is 5.75 Å². The standard InChI is InChI=1S/C24H24N6O2/c1-16-17(2)29-30(18(16)3)23-14-13-22(27-28-23)25-19-9-11-20(12-10-19)26-24(31)15-32-21-7-5-4-6-8-21/h4-14H,15H2,1-3H3,(H,25,27)(H,26,31). The highest BCUT2D eigenvalue weighted by atomic mass is 16.5. The molecule has 0 bridgehead atoms. The van der Waals surface area contributed by atoms with Crippen LogP contribution in [0.4, 0.5) is 17.2 Å². The Bertz CT molecular complexity index is 1200. The number of ether oxygens (including phenoxy) is 1. The Labute approximate surface area is 186 Å². The van der Waals surface area contributed by atoms with Gasteiger partial charge in [-0.25, -0.2) is 4.68 Å². The third kappa shape index (κ3) is 4.92. The molecule has 0 saturated heterocycles. The van der Waals surface area contributed by atoms with Crippen molar-refractivity contribution in [1.82, 2.24) is 20.0 Å². The first-order chi connectivity index (χ1) is 15.5. The van der Waals surface area contributed by atoms with Gasteiger partial charge in [-0.15, -0.1) is 10.2 Å². The molecule has 0 radical (unpaired) electrons. The number of nitrogens with one attached hydrogen (secondary N) is 2.